The monoisotopic (exact) mass is 275 g/mol. The summed E-state index contributed by atoms with van der Waals surface area (Å²) in [4.78, 5) is 11.4. The first-order valence-electron chi connectivity index (χ1n) is 6.47. The zero-order chi connectivity index (χ0) is 13.6. The van der Waals surface area contributed by atoms with Crippen LogP contribution in [0.2, 0.25) is 0 Å². The van der Waals surface area contributed by atoms with Gasteiger partial charge in [0.15, 0.2) is 5.65 Å². The summed E-state index contributed by atoms with van der Waals surface area (Å²) in [6, 6.07) is 0.361. The molecule has 0 fully saturated rings. The van der Waals surface area contributed by atoms with Gasteiger partial charge in [-0.15, -0.1) is 11.3 Å². The molecular weight excluding hydrogens is 258 g/mol. The molecule has 0 bridgehead atoms. The van der Waals surface area contributed by atoms with E-state index in [1.165, 1.54) is 10.4 Å². The summed E-state index contributed by atoms with van der Waals surface area (Å²) in [6.07, 6.45) is 2.63. The summed E-state index contributed by atoms with van der Waals surface area (Å²) >= 11 is 1.71. The van der Waals surface area contributed by atoms with Crippen LogP contribution in [-0.2, 0) is 0 Å². The summed E-state index contributed by atoms with van der Waals surface area (Å²) in [5, 5.41) is 8.81. The molecule has 0 saturated heterocycles. The molecule has 100 valence electrons. The summed E-state index contributed by atoms with van der Waals surface area (Å²) in [7, 11) is 0. The Morgan fingerprint density at radius 2 is 2.21 bits per heavy atom. The Balaban J connectivity index is 2.29. The maximum absolute atomic E-state index is 4.71. The molecule has 3 heterocycles. The van der Waals surface area contributed by atoms with E-state index in [9.17, 15) is 0 Å². The van der Waals surface area contributed by atoms with Gasteiger partial charge in [0.1, 0.15) is 11.2 Å². The average Bonchev–Trinajstić information content (AvgIpc) is 2.96. The van der Waals surface area contributed by atoms with Gasteiger partial charge >= 0.3 is 0 Å². The van der Waals surface area contributed by atoms with Crippen molar-refractivity contribution < 1.29 is 0 Å². The maximum atomic E-state index is 4.71. The molecule has 1 unspecified atom stereocenters. The second-order valence-corrected chi connectivity index (χ2v) is 6.05. The highest BCUT2D eigenvalue weighted by Crippen LogP contribution is 2.32. The van der Waals surface area contributed by atoms with E-state index >= 15 is 0 Å². The molecule has 0 aliphatic carbocycles. The van der Waals surface area contributed by atoms with Crippen molar-refractivity contribution in [2.24, 2.45) is 0 Å². The van der Waals surface area contributed by atoms with Crippen LogP contribution in [0.1, 0.15) is 30.7 Å². The number of nitrogens with zero attached hydrogens (tertiary/aromatic N) is 4. The van der Waals surface area contributed by atoms with Gasteiger partial charge in [0.2, 0.25) is 5.95 Å². The van der Waals surface area contributed by atoms with E-state index in [1.54, 1.807) is 22.2 Å². The minimum absolute atomic E-state index is 0.361. The number of hydrogen-bond donors (Lipinski definition) is 1. The molecule has 3 aromatic rings. The minimum atomic E-state index is 0.361. The molecule has 0 amide bonds. The largest absolute Gasteiger partial charge is 0.352 e. The SMILES string of the molecule is CCC(C)Nc1nc2sc(C)c(C)c2c2ncnn12. The van der Waals surface area contributed by atoms with Crippen LogP contribution in [-0.4, -0.2) is 25.6 Å². The van der Waals surface area contributed by atoms with Crippen LogP contribution in [0.25, 0.3) is 15.9 Å². The van der Waals surface area contributed by atoms with Gasteiger partial charge in [-0.05, 0) is 32.8 Å². The highest BCUT2D eigenvalue weighted by atomic mass is 32.1. The molecular formula is C13H17N5S. The average molecular weight is 275 g/mol. The fraction of sp³-hybridized carbons (Fsp3) is 0.462. The lowest BCUT2D eigenvalue weighted by atomic mass is 10.2. The van der Waals surface area contributed by atoms with Gasteiger partial charge in [0.25, 0.3) is 0 Å². The molecule has 3 rings (SSSR count). The quantitative estimate of drug-likeness (QED) is 0.797. The normalized spacial score (nSPS) is 13.3. The molecule has 0 aromatic carbocycles. The van der Waals surface area contributed by atoms with E-state index in [1.807, 2.05) is 0 Å². The highest BCUT2D eigenvalue weighted by molar-refractivity contribution is 7.18. The third-order valence-electron chi connectivity index (χ3n) is 3.53. The number of nitrogens with one attached hydrogen (secondary N) is 1. The molecule has 0 spiro atoms. The van der Waals surface area contributed by atoms with Crippen molar-refractivity contribution in [1.29, 1.82) is 0 Å². The van der Waals surface area contributed by atoms with Crippen LogP contribution in [0, 0.1) is 13.8 Å². The second-order valence-electron chi connectivity index (χ2n) is 4.85. The number of anilines is 1. The summed E-state index contributed by atoms with van der Waals surface area (Å²) in [6.45, 7) is 8.52. The Morgan fingerprint density at radius 1 is 1.42 bits per heavy atom. The zero-order valence-corrected chi connectivity index (χ0v) is 12.4. The first-order chi connectivity index (χ1) is 9.11. The second kappa shape index (κ2) is 4.45. The molecule has 1 atom stereocenters. The van der Waals surface area contributed by atoms with Crippen molar-refractivity contribution >= 4 is 33.1 Å². The van der Waals surface area contributed by atoms with E-state index in [-0.39, 0.29) is 0 Å². The highest BCUT2D eigenvalue weighted by Gasteiger charge is 2.16. The fourth-order valence-electron chi connectivity index (χ4n) is 2.08. The van der Waals surface area contributed by atoms with Crippen molar-refractivity contribution in [2.75, 3.05) is 5.32 Å². The Kier molecular flexibility index (Phi) is 2.89. The van der Waals surface area contributed by atoms with E-state index in [2.05, 4.69) is 43.1 Å². The molecule has 5 nitrogen and oxygen atoms in total. The van der Waals surface area contributed by atoms with Gasteiger partial charge < -0.3 is 5.32 Å². The van der Waals surface area contributed by atoms with Crippen LogP contribution >= 0.6 is 11.3 Å². The topological polar surface area (TPSA) is 55.1 Å². The van der Waals surface area contributed by atoms with Crippen molar-refractivity contribution in [3.63, 3.8) is 0 Å². The van der Waals surface area contributed by atoms with Gasteiger partial charge in [-0.3, -0.25) is 0 Å². The zero-order valence-electron chi connectivity index (χ0n) is 11.6. The standard InChI is InChI=1S/C13H17N5S/c1-5-7(2)16-13-17-12-10(8(3)9(4)19-12)11-14-6-15-18(11)13/h6-7H,5H2,1-4H3,(H,16,17). The Labute approximate surface area is 115 Å². The molecule has 19 heavy (non-hydrogen) atoms. The maximum Gasteiger partial charge on any atom is 0.227 e. The molecule has 6 heteroatoms. The van der Waals surface area contributed by atoms with E-state index in [4.69, 9.17) is 4.98 Å². The number of thiophene rings is 1. The molecule has 1 N–H and O–H groups in total. The number of aryl methyl sites for hydroxylation is 2. The summed E-state index contributed by atoms with van der Waals surface area (Å²) < 4.78 is 1.80. The lowest BCUT2D eigenvalue weighted by Crippen LogP contribution is -2.17. The first-order valence-corrected chi connectivity index (χ1v) is 7.29. The molecule has 0 aliphatic heterocycles. The summed E-state index contributed by atoms with van der Waals surface area (Å²) in [5.74, 6) is 0.774. The molecule has 3 aromatic heterocycles. The van der Waals surface area contributed by atoms with E-state index in [0.717, 1.165) is 28.2 Å². The van der Waals surface area contributed by atoms with Crippen LogP contribution < -0.4 is 5.32 Å². The van der Waals surface area contributed by atoms with Gasteiger partial charge in [-0.25, -0.2) is 9.97 Å². The van der Waals surface area contributed by atoms with Gasteiger partial charge in [-0.2, -0.15) is 9.61 Å². The number of hydrogen-bond acceptors (Lipinski definition) is 5. The van der Waals surface area contributed by atoms with Crippen molar-refractivity contribution in [2.45, 2.75) is 40.2 Å². The van der Waals surface area contributed by atoms with Crippen LogP contribution in [0.3, 0.4) is 0 Å². The fourth-order valence-corrected chi connectivity index (χ4v) is 3.10. The van der Waals surface area contributed by atoms with Gasteiger partial charge in [0, 0.05) is 10.9 Å². The molecule has 0 radical (unpaired) electrons. The lowest BCUT2D eigenvalue weighted by molar-refractivity contribution is 0.743. The van der Waals surface area contributed by atoms with Crippen molar-refractivity contribution in [1.82, 2.24) is 19.6 Å². The first kappa shape index (κ1) is 12.3. The van der Waals surface area contributed by atoms with Crippen LogP contribution in [0.5, 0.6) is 0 Å². The number of rotatable bonds is 3. The summed E-state index contributed by atoms with van der Waals surface area (Å²) in [5.41, 5.74) is 2.14. The third kappa shape index (κ3) is 1.87. The molecule has 0 aliphatic rings. The minimum Gasteiger partial charge on any atom is -0.352 e. The third-order valence-corrected chi connectivity index (χ3v) is 4.64. The Bertz CT molecular complexity index is 742. The number of fused-ring (bicyclic) bond motifs is 3. The number of aromatic nitrogens is 4. The predicted octanol–water partition coefficient (Wildman–Crippen LogP) is 3.17. The van der Waals surface area contributed by atoms with Crippen molar-refractivity contribution in [3.8, 4) is 0 Å². The van der Waals surface area contributed by atoms with Crippen LogP contribution in [0.15, 0.2) is 6.33 Å². The van der Waals surface area contributed by atoms with E-state index in [0.29, 0.717) is 6.04 Å². The van der Waals surface area contributed by atoms with Crippen molar-refractivity contribution in [3.05, 3.63) is 16.8 Å². The van der Waals surface area contributed by atoms with Gasteiger partial charge in [0.05, 0.1) is 5.39 Å². The Hall–Kier alpha value is -1.69. The smallest absolute Gasteiger partial charge is 0.227 e. The van der Waals surface area contributed by atoms with E-state index < -0.39 is 0 Å². The lowest BCUT2D eigenvalue weighted by Gasteiger charge is -2.12. The predicted molar refractivity (Wildman–Crippen MR) is 79.0 cm³/mol. The van der Waals surface area contributed by atoms with Gasteiger partial charge in [-0.1, -0.05) is 6.92 Å². The van der Waals surface area contributed by atoms with Crippen LogP contribution in [0.4, 0.5) is 5.95 Å². The molecule has 0 saturated carbocycles. The Morgan fingerprint density at radius 3 is 2.95 bits per heavy atom.